The van der Waals surface area contributed by atoms with E-state index in [0.717, 1.165) is 5.82 Å². The molecule has 0 aliphatic heterocycles. The van der Waals surface area contributed by atoms with Crippen LogP contribution in [0.3, 0.4) is 0 Å². The second kappa shape index (κ2) is 5.31. The average molecular weight is 209 g/mol. The molecule has 0 amide bonds. The average Bonchev–Trinajstić information content (AvgIpc) is 2.26. The Bertz CT molecular complexity index is 316. The first kappa shape index (κ1) is 11.5. The summed E-state index contributed by atoms with van der Waals surface area (Å²) in [6.07, 6.45) is 1.68. The fourth-order valence-electron chi connectivity index (χ4n) is 1.24. The summed E-state index contributed by atoms with van der Waals surface area (Å²) in [5, 5.41) is 11.6. The first-order valence-electron chi connectivity index (χ1n) is 4.67. The maximum absolute atomic E-state index is 10.8. The van der Waals surface area contributed by atoms with E-state index in [0.29, 0.717) is 6.54 Å². The van der Waals surface area contributed by atoms with Crippen molar-refractivity contribution in [2.45, 2.75) is 6.04 Å². The van der Waals surface area contributed by atoms with Crippen LogP contribution in [-0.4, -0.2) is 42.7 Å². The van der Waals surface area contributed by atoms with Gasteiger partial charge in [-0.3, -0.25) is 4.79 Å². The summed E-state index contributed by atoms with van der Waals surface area (Å²) in [7, 11) is 3.45. The van der Waals surface area contributed by atoms with Crippen LogP contribution in [0.1, 0.15) is 0 Å². The van der Waals surface area contributed by atoms with Crippen LogP contribution in [0.15, 0.2) is 24.4 Å². The van der Waals surface area contributed by atoms with Gasteiger partial charge in [-0.15, -0.1) is 0 Å². The summed E-state index contributed by atoms with van der Waals surface area (Å²) in [6.45, 7) is 0.378. The minimum atomic E-state index is -0.861. The number of carbonyl (C=O) groups is 1. The highest BCUT2D eigenvalue weighted by atomic mass is 16.4. The summed E-state index contributed by atoms with van der Waals surface area (Å²) in [4.78, 5) is 16.7. The van der Waals surface area contributed by atoms with E-state index in [1.807, 2.05) is 25.2 Å². The first-order chi connectivity index (χ1) is 7.15. The quantitative estimate of drug-likeness (QED) is 0.724. The summed E-state index contributed by atoms with van der Waals surface area (Å²) < 4.78 is 0. The fourth-order valence-corrected chi connectivity index (χ4v) is 1.24. The third kappa shape index (κ3) is 3.21. The standard InChI is InChI=1S/C10H15N3O2/c1-11-8(10(14)15)7-13(2)9-5-3-4-6-12-9/h3-6,8,11H,7H2,1-2H3,(H,14,15). The highest BCUT2D eigenvalue weighted by molar-refractivity contribution is 5.74. The molecule has 1 aromatic heterocycles. The number of anilines is 1. The molecule has 5 heteroatoms. The monoisotopic (exact) mass is 209 g/mol. The molecule has 1 rings (SSSR count). The zero-order chi connectivity index (χ0) is 11.3. The van der Waals surface area contributed by atoms with Gasteiger partial charge in [-0.25, -0.2) is 4.98 Å². The molecule has 0 bridgehead atoms. The molecule has 1 atom stereocenters. The Morgan fingerprint density at radius 3 is 2.87 bits per heavy atom. The number of hydrogen-bond acceptors (Lipinski definition) is 4. The van der Waals surface area contributed by atoms with Crippen LogP contribution < -0.4 is 10.2 Å². The van der Waals surface area contributed by atoms with E-state index in [4.69, 9.17) is 5.11 Å². The van der Waals surface area contributed by atoms with Crippen molar-refractivity contribution in [3.05, 3.63) is 24.4 Å². The molecule has 0 radical (unpaired) electrons. The molecule has 2 N–H and O–H groups in total. The molecule has 82 valence electrons. The van der Waals surface area contributed by atoms with Crippen molar-refractivity contribution in [3.63, 3.8) is 0 Å². The molecule has 0 fully saturated rings. The number of aromatic nitrogens is 1. The van der Waals surface area contributed by atoms with Gasteiger partial charge in [-0.2, -0.15) is 0 Å². The van der Waals surface area contributed by atoms with Crippen molar-refractivity contribution in [1.29, 1.82) is 0 Å². The number of nitrogens with zero attached hydrogens (tertiary/aromatic N) is 2. The van der Waals surface area contributed by atoms with Gasteiger partial charge in [-0.05, 0) is 19.2 Å². The first-order valence-corrected chi connectivity index (χ1v) is 4.67. The van der Waals surface area contributed by atoms with Crippen molar-refractivity contribution >= 4 is 11.8 Å². The van der Waals surface area contributed by atoms with E-state index in [1.165, 1.54) is 0 Å². The molecular weight excluding hydrogens is 194 g/mol. The molecule has 5 nitrogen and oxygen atoms in total. The number of carboxylic acid groups (broad SMARTS) is 1. The van der Waals surface area contributed by atoms with Gasteiger partial charge in [0.05, 0.1) is 0 Å². The SMILES string of the molecule is CNC(CN(C)c1ccccn1)C(=O)O. The number of aliphatic carboxylic acids is 1. The smallest absolute Gasteiger partial charge is 0.322 e. The maximum atomic E-state index is 10.8. The minimum absolute atomic E-state index is 0.378. The molecule has 15 heavy (non-hydrogen) atoms. The van der Waals surface area contributed by atoms with E-state index in [2.05, 4.69) is 10.3 Å². The van der Waals surface area contributed by atoms with Gasteiger partial charge < -0.3 is 15.3 Å². The van der Waals surface area contributed by atoms with Crippen molar-refractivity contribution in [2.24, 2.45) is 0 Å². The Kier molecular flexibility index (Phi) is 4.05. The third-order valence-electron chi connectivity index (χ3n) is 2.14. The molecule has 0 saturated heterocycles. The van der Waals surface area contributed by atoms with Crippen LogP contribution in [0.5, 0.6) is 0 Å². The molecule has 0 aliphatic rings. The van der Waals surface area contributed by atoms with E-state index in [9.17, 15) is 4.79 Å². The predicted molar refractivity (Wildman–Crippen MR) is 58.0 cm³/mol. The molecule has 0 spiro atoms. The molecule has 0 aromatic carbocycles. The van der Waals surface area contributed by atoms with E-state index < -0.39 is 12.0 Å². The van der Waals surface area contributed by atoms with Gasteiger partial charge in [0.15, 0.2) is 0 Å². The van der Waals surface area contributed by atoms with Gasteiger partial charge >= 0.3 is 5.97 Å². The van der Waals surface area contributed by atoms with Crippen molar-refractivity contribution < 1.29 is 9.90 Å². The van der Waals surface area contributed by atoms with Crippen LogP contribution in [0, 0.1) is 0 Å². The van der Waals surface area contributed by atoms with Crippen molar-refractivity contribution in [2.75, 3.05) is 25.5 Å². The summed E-state index contributed by atoms with van der Waals surface area (Å²) in [6, 6.07) is 4.95. The highest BCUT2D eigenvalue weighted by Gasteiger charge is 2.17. The number of carboxylic acids is 1. The van der Waals surface area contributed by atoms with Crippen LogP contribution in [0.4, 0.5) is 5.82 Å². The Morgan fingerprint density at radius 2 is 2.40 bits per heavy atom. The Hall–Kier alpha value is -1.62. The second-order valence-electron chi connectivity index (χ2n) is 3.25. The Labute approximate surface area is 88.7 Å². The summed E-state index contributed by atoms with van der Waals surface area (Å²) in [5.74, 6) is -0.0979. The molecule has 0 saturated carbocycles. The highest BCUT2D eigenvalue weighted by Crippen LogP contribution is 2.06. The van der Waals surface area contributed by atoms with Gasteiger partial charge in [0, 0.05) is 19.8 Å². The second-order valence-corrected chi connectivity index (χ2v) is 3.25. The molecule has 0 aliphatic carbocycles. The van der Waals surface area contributed by atoms with Crippen LogP contribution in [-0.2, 0) is 4.79 Å². The summed E-state index contributed by atoms with van der Waals surface area (Å²) in [5.41, 5.74) is 0. The van der Waals surface area contributed by atoms with E-state index >= 15 is 0 Å². The number of nitrogens with one attached hydrogen (secondary N) is 1. The minimum Gasteiger partial charge on any atom is -0.480 e. The number of hydrogen-bond donors (Lipinski definition) is 2. The topological polar surface area (TPSA) is 65.5 Å². The number of rotatable bonds is 5. The lowest BCUT2D eigenvalue weighted by Crippen LogP contribution is -2.43. The zero-order valence-corrected chi connectivity index (χ0v) is 8.84. The van der Waals surface area contributed by atoms with E-state index in [1.54, 1.807) is 18.1 Å². The van der Waals surface area contributed by atoms with Gasteiger partial charge in [0.25, 0.3) is 0 Å². The van der Waals surface area contributed by atoms with Crippen molar-refractivity contribution in [1.82, 2.24) is 10.3 Å². The van der Waals surface area contributed by atoms with Crippen molar-refractivity contribution in [3.8, 4) is 0 Å². The maximum Gasteiger partial charge on any atom is 0.322 e. The van der Waals surface area contributed by atoms with Gasteiger partial charge in [-0.1, -0.05) is 6.07 Å². The third-order valence-corrected chi connectivity index (χ3v) is 2.14. The van der Waals surface area contributed by atoms with Crippen LogP contribution >= 0.6 is 0 Å². The van der Waals surface area contributed by atoms with Crippen LogP contribution in [0.2, 0.25) is 0 Å². The predicted octanol–water partition coefficient (Wildman–Crippen LogP) is 0.190. The molecule has 1 unspecified atom stereocenters. The number of pyridine rings is 1. The molecule has 1 aromatic rings. The lowest BCUT2D eigenvalue weighted by molar-refractivity contribution is -0.139. The Balaban J connectivity index is 2.62. The normalized spacial score (nSPS) is 12.1. The van der Waals surface area contributed by atoms with Gasteiger partial charge in [0.2, 0.25) is 0 Å². The zero-order valence-electron chi connectivity index (χ0n) is 8.84. The Morgan fingerprint density at radius 1 is 1.67 bits per heavy atom. The van der Waals surface area contributed by atoms with E-state index in [-0.39, 0.29) is 0 Å². The largest absolute Gasteiger partial charge is 0.480 e. The fraction of sp³-hybridized carbons (Fsp3) is 0.400. The van der Waals surface area contributed by atoms with Gasteiger partial charge in [0.1, 0.15) is 11.9 Å². The molecule has 1 heterocycles. The molecular formula is C10H15N3O2. The van der Waals surface area contributed by atoms with Crippen LogP contribution in [0.25, 0.3) is 0 Å². The number of likely N-dealkylation sites (N-methyl/N-ethyl adjacent to an activating group) is 2. The lowest BCUT2D eigenvalue weighted by Gasteiger charge is -2.21. The summed E-state index contributed by atoms with van der Waals surface area (Å²) >= 11 is 0. The lowest BCUT2D eigenvalue weighted by atomic mass is 10.3.